The molecule has 0 saturated heterocycles. The van der Waals surface area contributed by atoms with Crippen LogP contribution in [0.25, 0.3) is 0 Å². The second kappa shape index (κ2) is 8.19. The van der Waals surface area contributed by atoms with E-state index in [9.17, 15) is 0 Å². The van der Waals surface area contributed by atoms with Gasteiger partial charge < -0.3 is 7.43 Å². The number of hydrogen-bond donors (Lipinski definition) is 0. The first-order valence-corrected chi connectivity index (χ1v) is 11.0. The van der Waals surface area contributed by atoms with E-state index in [1.54, 1.807) is 11.1 Å². The van der Waals surface area contributed by atoms with Crippen molar-refractivity contribution in [2.24, 2.45) is 0 Å². The van der Waals surface area contributed by atoms with E-state index >= 15 is 0 Å². The maximum Gasteiger partial charge on any atom is 3.00 e. The fraction of sp³-hybridized carbons (Fsp3) is 0.476. The minimum atomic E-state index is -1.65. The van der Waals surface area contributed by atoms with E-state index in [0.29, 0.717) is 0 Å². The van der Waals surface area contributed by atoms with Gasteiger partial charge in [0.1, 0.15) is 0 Å². The maximum absolute atomic E-state index is 2.54. The third-order valence-electron chi connectivity index (χ3n) is 6.12. The molecule has 0 heterocycles. The molecule has 0 unspecified atom stereocenters. The van der Waals surface area contributed by atoms with Gasteiger partial charge >= 0.3 is 25.8 Å². The van der Waals surface area contributed by atoms with E-state index < -0.39 is 8.07 Å². The largest absolute Gasteiger partial charge is 3.00 e. The first-order chi connectivity index (χ1) is 9.53. The summed E-state index contributed by atoms with van der Waals surface area (Å²) in [6, 6.07) is 0. The molecule has 122 valence electrons. The van der Waals surface area contributed by atoms with Gasteiger partial charge in [-0.3, -0.25) is 0 Å². The third-order valence-corrected chi connectivity index (χ3v) is 10.1. The van der Waals surface area contributed by atoms with Crippen LogP contribution in [0.4, 0.5) is 0 Å². The van der Waals surface area contributed by atoms with E-state index in [0.717, 1.165) is 0 Å². The van der Waals surface area contributed by atoms with Gasteiger partial charge in [0, 0.05) is 0 Å². The minimum Gasteiger partial charge on any atom is -0.358 e. The summed E-state index contributed by atoms with van der Waals surface area (Å²) in [5.41, 5.74) is 3.35. The molecule has 0 spiro atoms. The van der Waals surface area contributed by atoms with Crippen LogP contribution in [0.3, 0.4) is 0 Å². The van der Waals surface area contributed by atoms with Crippen molar-refractivity contribution in [1.29, 1.82) is 0 Å². The first-order valence-electron chi connectivity index (χ1n) is 8.00. The fourth-order valence-corrected chi connectivity index (χ4v) is 9.19. The van der Waals surface area contributed by atoms with Crippen LogP contribution >= 0.6 is 0 Å². The van der Waals surface area contributed by atoms with Gasteiger partial charge in [0.25, 0.3) is 0 Å². The van der Waals surface area contributed by atoms with E-state index in [1.807, 2.05) is 0 Å². The second-order valence-corrected chi connectivity index (χ2v) is 11.6. The van der Waals surface area contributed by atoms with Crippen LogP contribution in [0.5, 0.6) is 0 Å². The smallest absolute Gasteiger partial charge is 0.358 e. The zero-order valence-electron chi connectivity index (χ0n) is 17.1. The molecule has 0 bridgehead atoms. The average molecular weight is 359 g/mol. The van der Waals surface area contributed by atoms with Gasteiger partial charge in [-0.1, -0.05) is 68.5 Å². The van der Waals surface area contributed by atoms with Crippen molar-refractivity contribution in [3.8, 4) is 0 Å². The van der Waals surface area contributed by atoms with Gasteiger partial charge in [-0.2, -0.15) is 0 Å². The van der Waals surface area contributed by atoms with E-state index in [4.69, 9.17) is 0 Å². The molecular formula is C21H33ScSi+2. The Morgan fingerprint density at radius 1 is 0.435 bits per heavy atom. The number of rotatable bonds is 2. The minimum absolute atomic E-state index is 0. The van der Waals surface area contributed by atoms with E-state index in [-0.39, 0.29) is 33.3 Å². The van der Waals surface area contributed by atoms with Crippen LogP contribution < -0.4 is 0 Å². The van der Waals surface area contributed by atoms with Crippen LogP contribution in [0.15, 0.2) is 0 Å². The molecule has 2 rings (SSSR count). The Balaban J connectivity index is 0.00000242. The topological polar surface area (TPSA) is 0 Å². The summed E-state index contributed by atoms with van der Waals surface area (Å²) < 4.78 is 0. The van der Waals surface area contributed by atoms with Gasteiger partial charge in [-0.25, -0.2) is 0 Å². The molecule has 2 aliphatic rings. The van der Waals surface area contributed by atoms with Crippen molar-refractivity contribution in [2.45, 2.75) is 68.5 Å². The molecule has 0 aromatic carbocycles. The van der Waals surface area contributed by atoms with Crippen molar-refractivity contribution in [3.05, 3.63) is 65.9 Å². The monoisotopic (exact) mass is 358 g/mol. The Kier molecular flexibility index (Phi) is 8.58. The SMILES string of the molecule is C[C]1[C](C)[C](C)[C]([Si](C)(C)[C]2[C](C)[C](C)[C](C)[C]2C)[C]1C.[CH3-].[Sc+3]. The molecule has 0 amide bonds. The molecular weight excluding hydrogens is 325 g/mol. The van der Waals surface area contributed by atoms with Gasteiger partial charge in [-0.15, -0.1) is 0 Å². The summed E-state index contributed by atoms with van der Waals surface area (Å²) in [5.74, 6) is 12.1. The summed E-state index contributed by atoms with van der Waals surface area (Å²) >= 11 is 0. The Morgan fingerprint density at radius 2 is 0.609 bits per heavy atom. The molecule has 2 heteroatoms. The van der Waals surface area contributed by atoms with Gasteiger partial charge in [-0.05, 0) is 58.4 Å². The van der Waals surface area contributed by atoms with Gasteiger partial charge in [0.2, 0.25) is 0 Å². The van der Waals surface area contributed by atoms with Gasteiger partial charge in [0.15, 0.2) is 0 Å². The Hall–Kier alpha value is 1.09. The van der Waals surface area contributed by atoms with Crippen molar-refractivity contribution in [2.75, 3.05) is 0 Å². The van der Waals surface area contributed by atoms with Crippen LogP contribution in [0, 0.1) is 65.9 Å². The molecule has 0 N–H and O–H groups in total. The molecule has 0 aliphatic heterocycles. The van der Waals surface area contributed by atoms with Crippen molar-refractivity contribution in [3.63, 3.8) is 0 Å². The Bertz CT molecular complexity index is 318. The van der Waals surface area contributed by atoms with Crippen molar-refractivity contribution in [1.82, 2.24) is 0 Å². The Labute approximate surface area is 167 Å². The predicted octanol–water partition coefficient (Wildman–Crippen LogP) is 6.15. The fourth-order valence-electron chi connectivity index (χ4n) is 4.44. The average Bonchev–Trinajstić information content (AvgIpc) is 2.72. The van der Waals surface area contributed by atoms with Crippen LogP contribution in [0.2, 0.25) is 13.1 Å². The van der Waals surface area contributed by atoms with Gasteiger partial charge in [0.05, 0.1) is 8.07 Å². The quantitative estimate of drug-likeness (QED) is 0.410. The summed E-state index contributed by atoms with van der Waals surface area (Å²) in [6.07, 6.45) is 0. The maximum atomic E-state index is 2.54. The molecule has 2 fully saturated rings. The molecule has 0 atom stereocenters. The summed E-state index contributed by atoms with van der Waals surface area (Å²) in [6.45, 7) is 23.5. The predicted molar refractivity (Wildman–Crippen MR) is 102 cm³/mol. The first kappa shape index (κ1) is 24.1. The second-order valence-electron chi connectivity index (χ2n) is 7.38. The Morgan fingerprint density at radius 3 is 0.783 bits per heavy atom. The third kappa shape index (κ3) is 3.64. The number of hydrogen-bond acceptors (Lipinski definition) is 0. The zero-order chi connectivity index (χ0) is 16.3. The zero-order valence-corrected chi connectivity index (χ0v) is 19.9. The molecule has 23 heavy (non-hydrogen) atoms. The summed E-state index contributed by atoms with van der Waals surface area (Å²) in [7, 11) is -1.65. The van der Waals surface area contributed by atoms with Crippen molar-refractivity contribution >= 4 is 8.07 Å². The summed E-state index contributed by atoms with van der Waals surface area (Å²) in [4.78, 5) is 0. The molecule has 2 aliphatic carbocycles. The van der Waals surface area contributed by atoms with Crippen molar-refractivity contribution < 1.29 is 25.8 Å². The molecule has 0 nitrogen and oxygen atoms in total. The van der Waals surface area contributed by atoms with Crippen LogP contribution in [-0.4, -0.2) is 8.07 Å². The normalized spacial score (nSPS) is 26.9. The van der Waals surface area contributed by atoms with Crippen LogP contribution in [0.1, 0.15) is 55.4 Å². The molecule has 10 radical (unpaired) electrons. The van der Waals surface area contributed by atoms with E-state index in [2.05, 4.69) is 68.5 Å². The standard InChI is InChI=1S/C20H30Si.CH3.Sc/c1-11-12(2)16(6)19(15(11)5)21(9,10)20-17(7)13(3)14(4)18(20)8;;/h1-10H3;1H3;/q;-1;+3. The molecule has 0 aromatic rings. The molecule has 0 aromatic heterocycles. The van der Waals surface area contributed by atoms with E-state index in [1.165, 1.54) is 47.3 Å². The van der Waals surface area contributed by atoms with Crippen LogP contribution in [-0.2, 0) is 25.8 Å². The molecule has 2 saturated carbocycles. The summed E-state index contributed by atoms with van der Waals surface area (Å²) in [5, 5.41) is 0.